The van der Waals surface area contributed by atoms with Crippen LogP contribution in [0.1, 0.15) is 20.7 Å². The van der Waals surface area contributed by atoms with Crippen LogP contribution < -0.4 is 10.6 Å². The SMILES string of the molecule is O=C(Nc1ccc(NC(=O)c2cccc(Cl)c2)cc1)c1ccc(Cl)cc1. The number of halogens is 2. The molecule has 0 bridgehead atoms. The van der Waals surface area contributed by atoms with E-state index in [1.807, 2.05) is 0 Å². The Morgan fingerprint density at radius 3 is 1.69 bits per heavy atom. The second-order valence-electron chi connectivity index (χ2n) is 5.50. The van der Waals surface area contributed by atoms with Crippen LogP contribution in [-0.2, 0) is 0 Å². The average molecular weight is 385 g/mol. The van der Waals surface area contributed by atoms with Gasteiger partial charge < -0.3 is 10.6 Å². The van der Waals surface area contributed by atoms with Crippen LogP contribution in [0.3, 0.4) is 0 Å². The third-order valence-electron chi connectivity index (χ3n) is 3.59. The maximum atomic E-state index is 12.2. The van der Waals surface area contributed by atoms with E-state index >= 15 is 0 Å². The first-order valence-corrected chi connectivity index (χ1v) is 8.51. The van der Waals surface area contributed by atoms with Gasteiger partial charge in [0.25, 0.3) is 11.8 Å². The summed E-state index contributed by atoms with van der Waals surface area (Å²) in [6.45, 7) is 0. The van der Waals surface area contributed by atoms with Crippen LogP contribution in [0.4, 0.5) is 11.4 Å². The predicted octanol–water partition coefficient (Wildman–Crippen LogP) is 5.50. The molecule has 0 aliphatic heterocycles. The van der Waals surface area contributed by atoms with Gasteiger partial charge in [0.05, 0.1) is 0 Å². The second kappa shape index (κ2) is 8.04. The average Bonchev–Trinajstić information content (AvgIpc) is 2.64. The Bertz CT molecular complexity index is 939. The highest BCUT2D eigenvalue weighted by Crippen LogP contribution is 2.17. The van der Waals surface area contributed by atoms with Gasteiger partial charge in [-0.2, -0.15) is 0 Å². The zero-order chi connectivity index (χ0) is 18.5. The summed E-state index contributed by atoms with van der Waals surface area (Å²) in [4.78, 5) is 24.4. The van der Waals surface area contributed by atoms with Gasteiger partial charge in [-0.15, -0.1) is 0 Å². The number of benzene rings is 3. The van der Waals surface area contributed by atoms with E-state index in [2.05, 4.69) is 10.6 Å². The topological polar surface area (TPSA) is 58.2 Å². The molecule has 0 fully saturated rings. The third-order valence-corrected chi connectivity index (χ3v) is 4.08. The van der Waals surface area contributed by atoms with E-state index in [9.17, 15) is 9.59 Å². The molecule has 26 heavy (non-hydrogen) atoms. The fourth-order valence-electron chi connectivity index (χ4n) is 2.27. The largest absolute Gasteiger partial charge is 0.322 e. The molecule has 0 saturated carbocycles. The minimum atomic E-state index is -0.259. The van der Waals surface area contributed by atoms with Crippen molar-refractivity contribution in [2.24, 2.45) is 0 Å². The molecule has 0 atom stereocenters. The minimum Gasteiger partial charge on any atom is -0.322 e. The number of carbonyl (C=O) groups is 2. The van der Waals surface area contributed by atoms with Gasteiger partial charge >= 0.3 is 0 Å². The van der Waals surface area contributed by atoms with Crippen LogP contribution in [0.15, 0.2) is 72.8 Å². The molecule has 0 radical (unpaired) electrons. The van der Waals surface area contributed by atoms with Crippen LogP contribution in [0.25, 0.3) is 0 Å². The summed E-state index contributed by atoms with van der Waals surface area (Å²) in [5.74, 6) is -0.497. The molecule has 130 valence electrons. The van der Waals surface area contributed by atoms with Gasteiger partial charge in [0.1, 0.15) is 0 Å². The van der Waals surface area contributed by atoms with Gasteiger partial charge in [-0.05, 0) is 66.7 Å². The Labute approximate surface area is 160 Å². The molecule has 4 nitrogen and oxygen atoms in total. The Morgan fingerprint density at radius 1 is 0.615 bits per heavy atom. The quantitative estimate of drug-likeness (QED) is 0.623. The first-order chi connectivity index (χ1) is 12.5. The minimum absolute atomic E-state index is 0.239. The highest BCUT2D eigenvalue weighted by molar-refractivity contribution is 6.31. The summed E-state index contributed by atoms with van der Waals surface area (Å²) >= 11 is 11.7. The van der Waals surface area contributed by atoms with Gasteiger partial charge in [0.2, 0.25) is 0 Å². The molecule has 0 aliphatic rings. The molecule has 2 amide bonds. The number of amides is 2. The lowest BCUT2D eigenvalue weighted by molar-refractivity contribution is 0.101. The third kappa shape index (κ3) is 4.63. The maximum absolute atomic E-state index is 12.2. The molecular formula is C20H14Cl2N2O2. The molecular weight excluding hydrogens is 371 g/mol. The molecule has 3 aromatic carbocycles. The van der Waals surface area contributed by atoms with E-state index in [-0.39, 0.29) is 11.8 Å². The molecule has 3 rings (SSSR count). The van der Waals surface area contributed by atoms with Crippen molar-refractivity contribution in [1.29, 1.82) is 0 Å². The second-order valence-corrected chi connectivity index (χ2v) is 6.38. The number of rotatable bonds is 4. The Hall–Kier alpha value is -2.82. The fourth-order valence-corrected chi connectivity index (χ4v) is 2.59. The lowest BCUT2D eigenvalue weighted by Crippen LogP contribution is -2.13. The van der Waals surface area contributed by atoms with Crippen LogP contribution in [0, 0.1) is 0 Å². The Morgan fingerprint density at radius 2 is 1.15 bits per heavy atom. The van der Waals surface area contributed by atoms with Crippen LogP contribution in [0.2, 0.25) is 10.0 Å². The number of hydrogen-bond acceptors (Lipinski definition) is 2. The van der Waals surface area contributed by atoms with E-state index in [1.54, 1.807) is 72.8 Å². The van der Waals surface area contributed by atoms with E-state index in [0.717, 1.165) is 0 Å². The highest BCUT2D eigenvalue weighted by atomic mass is 35.5. The van der Waals surface area contributed by atoms with Crippen molar-refractivity contribution < 1.29 is 9.59 Å². The van der Waals surface area contributed by atoms with E-state index in [1.165, 1.54) is 0 Å². The van der Waals surface area contributed by atoms with Crippen molar-refractivity contribution in [3.8, 4) is 0 Å². The lowest BCUT2D eigenvalue weighted by Gasteiger charge is -2.08. The maximum Gasteiger partial charge on any atom is 0.255 e. The molecule has 0 spiro atoms. The highest BCUT2D eigenvalue weighted by Gasteiger charge is 2.08. The van der Waals surface area contributed by atoms with Gasteiger partial charge in [-0.25, -0.2) is 0 Å². The first kappa shape index (κ1) is 18.0. The van der Waals surface area contributed by atoms with Gasteiger partial charge in [-0.1, -0.05) is 29.3 Å². The first-order valence-electron chi connectivity index (χ1n) is 7.75. The monoisotopic (exact) mass is 384 g/mol. The normalized spacial score (nSPS) is 10.2. The van der Waals surface area contributed by atoms with Crippen molar-refractivity contribution in [2.45, 2.75) is 0 Å². The van der Waals surface area contributed by atoms with Crippen molar-refractivity contribution in [2.75, 3.05) is 10.6 Å². The van der Waals surface area contributed by atoms with Crippen molar-refractivity contribution in [3.05, 3.63) is 94.0 Å². The molecule has 2 N–H and O–H groups in total. The van der Waals surface area contributed by atoms with Crippen molar-refractivity contribution >= 4 is 46.4 Å². The molecule has 0 unspecified atom stereocenters. The summed E-state index contributed by atoms with van der Waals surface area (Å²) < 4.78 is 0. The molecule has 6 heteroatoms. The molecule has 3 aromatic rings. The zero-order valence-corrected chi connectivity index (χ0v) is 15.0. The number of hydrogen-bond donors (Lipinski definition) is 2. The number of nitrogens with one attached hydrogen (secondary N) is 2. The van der Waals surface area contributed by atoms with Gasteiger partial charge in [0, 0.05) is 32.5 Å². The number of anilines is 2. The van der Waals surface area contributed by atoms with Crippen LogP contribution in [-0.4, -0.2) is 11.8 Å². The molecule has 0 saturated heterocycles. The van der Waals surface area contributed by atoms with Gasteiger partial charge in [0.15, 0.2) is 0 Å². The zero-order valence-electron chi connectivity index (χ0n) is 13.5. The van der Waals surface area contributed by atoms with Gasteiger partial charge in [-0.3, -0.25) is 9.59 Å². The molecule has 0 heterocycles. The van der Waals surface area contributed by atoms with E-state index in [4.69, 9.17) is 23.2 Å². The molecule has 0 aromatic heterocycles. The van der Waals surface area contributed by atoms with E-state index < -0.39 is 0 Å². The summed E-state index contributed by atoms with van der Waals surface area (Å²) in [5.41, 5.74) is 2.20. The summed E-state index contributed by atoms with van der Waals surface area (Å²) in [7, 11) is 0. The van der Waals surface area contributed by atoms with Crippen LogP contribution >= 0.6 is 23.2 Å². The van der Waals surface area contributed by atoms with Crippen LogP contribution in [0.5, 0.6) is 0 Å². The lowest BCUT2D eigenvalue weighted by atomic mass is 10.2. The summed E-state index contributed by atoms with van der Waals surface area (Å²) in [5, 5.41) is 6.63. The smallest absolute Gasteiger partial charge is 0.255 e. The Kier molecular flexibility index (Phi) is 5.56. The van der Waals surface area contributed by atoms with Crippen molar-refractivity contribution in [1.82, 2.24) is 0 Å². The number of carbonyl (C=O) groups excluding carboxylic acids is 2. The van der Waals surface area contributed by atoms with Crippen molar-refractivity contribution in [3.63, 3.8) is 0 Å². The Balaban J connectivity index is 1.64. The summed E-state index contributed by atoms with van der Waals surface area (Å²) in [6.07, 6.45) is 0. The molecule has 0 aliphatic carbocycles. The summed E-state index contributed by atoms with van der Waals surface area (Å²) in [6, 6.07) is 20.1. The predicted molar refractivity (Wildman–Crippen MR) is 105 cm³/mol. The van der Waals surface area contributed by atoms with E-state index in [0.29, 0.717) is 32.5 Å². The standard InChI is InChI=1S/C20H14Cl2N2O2/c21-15-6-4-13(5-7-15)19(25)23-17-8-10-18(11-9-17)24-20(26)14-2-1-3-16(22)12-14/h1-12H,(H,23,25)(H,24,26). The fraction of sp³-hybridized carbons (Fsp3) is 0.